The van der Waals surface area contributed by atoms with Crippen LogP contribution in [0.4, 0.5) is 4.79 Å². The number of carbonyl (C=O) groups excluding carboxylic acids is 3. The van der Waals surface area contributed by atoms with E-state index in [4.69, 9.17) is 0 Å². The number of urea groups is 1. The van der Waals surface area contributed by atoms with Crippen molar-refractivity contribution < 1.29 is 14.4 Å². The lowest BCUT2D eigenvalue weighted by atomic mass is 9.96. The maximum absolute atomic E-state index is 12.3. The van der Waals surface area contributed by atoms with E-state index in [1.165, 1.54) is 33.4 Å². The minimum atomic E-state index is -0.950. The number of imide groups is 2. The van der Waals surface area contributed by atoms with Crippen LogP contribution in [0.3, 0.4) is 0 Å². The zero-order valence-corrected chi connectivity index (χ0v) is 14.2. The van der Waals surface area contributed by atoms with Crippen molar-refractivity contribution in [1.29, 1.82) is 0 Å². The van der Waals surface area contributed by atoms with E-state index in [2.05, 4.69) is 9.89 Å². The van der Waals surface area contributed by atoms with Gasteiger partial charge in [-0.15, -0.1) is 0 Å². The second-order valence-electron chi connectivity index (χ2n) is 6.14. The van der Waals surface area contributed by atoms with Gasteiger partial charge in [0, 0.05) is 26.4 Å². The van der Waals surface area contributed by atoms with Crippen LogP contribution in [0.2, 0.25) is 0 Å². The van der Waals surface area contributed by atoms with Gasteiger partial charge >= 0.3 is 6.03 Å². The summed E-state index contributed by atoms with van der Waals surface area (Å²) in [5, 5.41) is 0. The summed E-state index contributed by atoms with van der Waals surface area (Å²) < 4.78 is 0. The maximum Gasteiger partial charge on any atom is 0.332 e. The molecule has 0 spiro atoms. The van der Waals surface area contributed by atoms with Crippen LogP contribution in [0.15, 0.2) is 4.99 Å². The van der Waals surface area contributed by atoms with Gasteiger partial charge in [0.2, 0.25) is 11.8 Å². The molecule has 0 bridgehead atoms. The Morgan fingerprint density at radius 2 is 1.61 bits per heavy atom. The Bertz CT molecular complexity index is 487. The van der Waals surface area contributed by atoms with Gasteiger partial charge in [-0.25, -0.2) is 4.79 Å². The van der Waals surface area contributed by atoms with Gasteiger partial charge in [-0.2, -0.15) is 0 Å². The standard InChI is InChI=1S/C16H26N4O3/c1-4-12(17-8-11-20-9-6-5-7-10-20)13-14(21)18(2)16(23)19(3)15(13)22/h13H,4-11H2,1-3H3. The van der Waals surface area contributed by atoms with Gasteiger partial charge in [-0.1, -0.05) is 13.3 Å². The topological polar surface area (TPSA) is 73.3 Å². The number of barbiturate groups is 1. The summed E-state index contributed by atoms with van der Waals surface area (Å²) in [7, 11) is 2.81. The van der Waals surface area contributed by atoms with E-state index >= 15 is 0 Å². The van der Waals surface area contributed by atoms with Crippen molar-refractivity contribution >= 4 is 23.6 Å². The zero-order chi connectivity index (χ0) is 17.0. The highest BCUT2D eigenvalue weighted by Crippen LogP contribution is 2.18. The third kappa shape index (κ3) is 3.77. The summed E-state index contributed by atoms with van der Waals surface area (Å²) in [6.45, 7) is 5.51. The Kier molecular flexibility index (Phi) is 5.87. The van der Waals surface area contributed by atoms with Gasteiger partial charge in [-0.05, 0) is 32.4 Å². The van der Waals surface area contributed by atoms with E-state index in [0.29, 0.717) is 18.7 Å². The third-order valence-corrected chi connectivity index (χ3v) is 4.60. The first-order valence-electron chi connectivity index (χ1n) is 8.32. The Morgan fingerprint density at radius 3 is 2.13 bits per heavy atom. The molecule has 0 aliphatic carbocycles. The molecule has 2 saturated heterocycles. The molecular weight excluding hydrogens is 296 g/mol. The van der Waals surface area contributed by atoms with Crippen LogP contribution in [-0.2, 0) is 9.59 Å². The fourth-order valence-corrected chi connectivity index (χ4v) is 3.12. The molecule has 0 unspecified atom stereocenters. The summed E-state index contributed by atoms with van der Waals surface area (Å²) in [5.74, 6) is -1.90. The van der Waals surface area contributed by atoms with E-state index in [1.807, 2.05) is 6.92 Å². The smallest absolute Gasteiger partial charge is 0.301 e. The Morgan fingerprint density at radius 1 is 1.04 bits per heavy atom. The number of rotatable bonds is 5. The Balaban J connectivity index is 2.05. The van der Waals surface area contributed by atoms with E-state index in [1.54, 1.807) is 0 Å². The van der Waals surface area contributed by atoms with Gasteiger partial charge < -0.3 is 4.90 Å². The first-order chi connectivity index (χ1) is 11.0. The zero-order valence-electron chi connectivity index (χ0n) is 14.2. The summed E-state index contributed by atoms with van der Waals surface area (Å²) in [4.78, 5) is 45.3. The predicted molar refractivity (Wildman–Crippen MR) is 87.3 cm³/mol. The average molecular weight is 322 g/mol. The predicted octanol–water partition coefficient (Wildman–Crippen LogP) is 0.990. The normalized spacial score (nSPS) is 22.2. The molecule has 23 heavy (non-hydrogen) atoms. The van der Waals surface area contributed by atoms with Crippen molar-refractivity contribution in [2.45, 2.75) is 32.6 Å². The molecule has 0 N–H and O–H groups in total. The number of nitrogens with zero attached hydrogens (tertiary/aromatic N) is 4. The van der Waals surface area contributed by atoms with Crippen LogP contribution in [0.1, 0.15) is 32.6 Å². The highest BCUT2D eigenvalue weighted by atomic mass is 16.2. The van der Waals surface area contributed by atoms with Gasteiger partial charge in [-0.3, -0.25) is 24.4 Å². The third-order valence-electron chi connectivity index (χ3n) is 4.60. The van der Waals surface area contributed by atoms with Gasteiger partial charge in [0.15, 0.2) is 5.92 Å². The number of carbonyl (C=O) groups is 3. The van der Waals surface area contributed by atoms with E-state index in [0.717, 1.165) is 29.4 Å². The van der Waals surface area contributed by atoms with Crippen molar-refractivity contribution in [3.8, 4) is 0 Å². The number of hydrogen-bond donors (Lipinski definition) is 0. The van der Waals surface area contributed by atoms with Crippen LogP contribution in [-0.4, -0.2) is 78.5 Å². The fraction of sp³-hybridized carbons (Fsp3) is 0.750. The molecule has 0 aromatic heterocycles. The number of hydrogen-bond acceptors (Lipinski definition) is 5. The van der Waals surface area contributed by atoms with E-state index in [9.17, 15) is 14.4 Å². The van der Waals surface area contributed by atoms with Crippen molar-refractivity contribution in [2.75, 3.05) is 40.3 Å². The highest BCUT2D eigenvalue weighted by Gasteiger charge is 2.44. The van der Waals surface area contributed by atoms with Crippen LogP contribution < -0.4 is 0 Å². The van der Waals surface area contributed by atoms with Crippen molar-refractivity contribution in [1.82, 2.24) is 14.7 Å². The molecule has 0 aromatic carbocycles. The van der Waals surface area contributed by atoms with Crippen LogP contribution in [0, 0.1) is 5.92 Å². The lowest BCUT2D eigenvalue weighted by molar-refractivity contribution is -0.144. The highest BCUT2D eigenvalue weighted by molar-refractivity contribution is 6.27. The lowest BCUT2D eigenvalue weighted by Gasteiger charge is -2.33. The molecule has 2 rings (SSSR count). The number of aliphatic imine (C=N–C) groups is 1. The molecule has 2 fully saturated rings. The molecule has 2 aliphatic rings. The fourth-order valence-electron chi connectivity index (χ4n) is 3.12. The largest absolute Gasteiger partial charge is 0.332 e. The number of piperidine rings is 1. The van der Waals surface area contributed by atoms with Crippen LogP contribution in [0.5, 0.6) is 0 Å². The van der Waals surface area contributed by atoms with Gasteiger partial charge in [0.05, 0.1) is 6.54 Å². The maximum atomic E-state index is 12.3. The lowest BCUT2D eigenvalue weighted by Crippen LogP contribution is -2.58. The SMILES string of the molecule is CCC(=NCCN1CCCCC1)C1C(=O)N(C)C(=O)N(C)C1=O. The van der Waals surface area contributed by atoms with Gasteiger partial charge in [0.25, 0.3) is 0 Å². The summed E-state index contributed by atoms with van der Waals surface area (Å²) in [5.41, 5.74) is 0.572. The molecule has 128 valence electrons. The molecule has 7 nitrogen and oxygen atoms in total. The minimum Gasteiger partial charge on any atom is -0.301 e. The molecular formula is C16H26N4O3. The molecule has 0 radical (unpaired) electrons. The molecule has 2 heterocycles. The van der Waals surface area contributed by atoms with Crippen molar-refractivity contribution in [3.63, 3.8) is 0 Å². The first-order valence-corrected chi connectivity index (χ1v) is 8.32. The second kappa shape index (κ2) is 7.68. The molecule has 7 heteroatoms. The Labute approximate surface area is 137 Å². The van der Waals surface area contributed by atoms with Crippen molar-refractivity contribution in [3.05, 3.63) is 0 Å². The molecule has 0 atom stereocenters. The molecule has 4 amide bonds. The van der Waals surface area contributed by atoms with Crippen molar-refractivity contribution in [2.24, 2.45) is 10.9 Å². The molecule has 0 saturated carbocycles. The van der Waals surface area contributed by atoms with Crippen LogP contribution >= 0.6 is 0 Å². The van der Waals surface area contributed by atoms with Gasteiger partial charge in [0.1, 0.15) is 0 Å². The van der Waals surface area contributed by atoms with Crippen LogP contribution in [0.25, 0.3) is 0 Å². The summed E-state index contributed by atoms with van der Waals surface area (Å²) >= 11 is 0. The quantitative estimate of drug-likeness (QED) is 0.559. The summed E-state index contributed by atoms with van der Waals surface area (Å²) in [6, 6.07) is -0.583. The van der Waals surface area contributed by atoms with E-state index < -0.39 is 23.8 Å². The summed E-state index contributed by atoms with van der Waals surface area (Å²) in [6.07, 6.45) is 4.26. The molecule has 2 aliphatic heterocycles. The second-order valence-corrected chi connectivity index (χ2v) is 6.14. The minimum absolute atomic E-state index is 0.475. The first kappa shape index (κ1) is 17.6. The monoisotopic (exact) mass is 322 g/mol. The number of likely N-dealkylation sites (tertiary alicyclic amines) is 1. The number of amides is 4. The average Bonchev–Trinajstić information content (AvgIpc) is 2.58. The Hall–Kier alpha value is -1.76. The van der Waals surface area contributed by atoms with E-state index in [-0.39, 0.29) is 0 Å². The molecule has 0 aromatic rings.